The van der Waals surface area contributed by atoms with Crippen molar-refractivity contribution in [2.75, 3.05) is 11.9 Å². The molecule has 25 heavy (non-hydrogen) atoms. The second-order valence-electron chi connectivity index (χ2n) is 5.75. The lowest BCUT2D eigenvalue weighted by molar-refractivity contribution is 0.0697. The fraction of sp³-hybridized carbons (Fsp3) is 0.0526. The molecule has 0 aliphatic rings. The van der Waals surface area contributed by atoms with Gasteiger partial charge in [0.05, 0.1) is 22.1 Å². The molecule has 2 aromatic heterocycles. The van der Waals surface area contributed by atoms with E-state index in [4.69, 9.17) is 16.6 Å². The molecule has 6 heteroatoms. The fourth-order valence-corrected chi connectivity index (χ4v) is 3.13. The van der Waals surface area contributed by atoms with Gasteiger partial charge in [0, 0.05) is 24.0 Å². The van der Waals surface area contributed by atoms with Gasteiger partial charge in [-0.25, -0.2) is 9.78 Å². The SMILES string of the molecule is CN(c1cccc(Cl)c1)c1nc2cc(C(=O)O)ccc2n2cccc12. The summed E-state index contributed by atoms with van der Waals surface area (Å²) in [6, 6.07) is 16.4. The van der Waals surface area contributed by atoms with E-state index in [2.05, 4.69) is 0 Å². The number of aromatic carboxylic acids is 1. The zero-order valence-electron chi connectivity index (χ0n) is 13.3. The van der Waals surface area contributed by atoms with Gasteiger partial charge in [-0.05, 0) is 48.5 Å². The van der Waals surface area contributed by atoms with Crippen LogP contribution in [0.4, 0.5) is 11.5 Å². The van der Waals surface area contributed by atoms with Crippen molar-refractivity contribution in [3.63, 3.8) is 0 Å². The second-order valence-corrected chi connectivity index (χ2v) is 6.18. The zero-order valence-corrected chi connectivity index (χ0v) is 14.1. The van der Waals surface area contributed by atoms with Gasteiger partial charge in [0.2, 0.25) is 0 Å². The summed E-state index contributed by atoms with van der Waals surface area (Å²) in [5, 5.41) is 9.89. The van der Waals surface area contributed by atoms with Gasteiger partial charge >= 0.3 is 5.97 Å². The van der Waals surface area contributed by atoms with Crippen molar-refractivity contribution in [2.45, 2.75) is 0 Å². The number of aromatic nitrogens is 2. The lowest BCUT2D eigenvalue weighted by atomic mass is 10.2. The van der Waals surface area contributed by atoms with Crippen LogP contribution in [0, 0.1) is 0 Å². The molecule has 0 unspecified atom stereocenters. The van der Waals surface area contributed by atoms with Crippen LogP contribution in [0.15, 0.2) is 60.8 Å². The number of carboxylic acid groups (broad SMARTS) is 1. The number of hydrogen-bond acceptors (Lipinski definition) is 3. The molecule has 0 bridgehead atoms. The molecule has 1 N–H and O–H groups in total. The molecule has 0 saturated heterocycles. The first kappa shape index (κ1) is 15.5. The van der Waals surface area contributed by atoms with E-state index in [9.17, 15) is 9.90 Å². The van der Waals surface area contributed by atoms with Crippen molar-refractivity contribution >= 4 is 45.6 Å². The molecule has 0 radical (unpaired) electrons. The Balaban J connectivity index is 1.98. The maximum Gasteiger partial charge on any atom is 0.335 e. The zero-order chi connectivity index (χ0) is 17.6. The molecule has 5 nitrogen and oxygen atoms in total. The maximum absolute atomic E-state index is 11.3. The van der Waals surface area contributed by atoms with Crippen LogP contribution in [-0.2, 0) is 0 Å². The van der Waals surface area contributed by atoms with Crippen molar-refractivity contribution < 1.29 is 9.90 Å². The molecule has 0 aliphatic carbocycles. The Morgan fingerprint density at radius 2 is 1.96 bits per heavy atom. The van der Waals surface area contributed by atoms with E-state index in [1.54, 1.807) is 18.2 Å². The standard InChI is InChI=1S/C19H14ClN3O2/c1-22(14-5-2-4-13(20)11-14)18-17-6-3-9-23(17)16-8-7-12(19(24)25)10-15(16)21-18/h2-11H,1H3,(H,24,25). The van der Waals surface area contributed by atoms with Gasteiger partial charge in [-0.3, -0.25) is 0 Å². The fourth-order valence-electron chi connectivity index (χ4n) is 2.95. The Labute approximate surface area is 148 Å². The van der Waals surface area contributed by atoms with Gasteiger partial charge in [0.15, 0.2) is 5.82 Å². The highest BCUT2D eigenvalue weighted by atomic mass is 35.5. The molecule has 0 fully saturated rings. The highest BCUT2D eigenvalue weighted by molar-refractivity contribution is 6.30. The van der Waals surface area contributed by atoms with Crippen LogP contribution >= 0.6 is 11.6 Å². The normalized spacial score (nSPS) is 11.1. The van der Waals surface area contributed by atoms with Crippen LogP contribution in [0.3, 0.4) is 0 Å². The third kappa shape index (κ3) is 2.58. The Kier molecular flexibility index (Phi) is 3.58. The van der Waals surface area contributed by atoms with Crippen molar-refractivity contribution in [1.29, 1.82) is 0 Å². The Hall–Kier alpha value is -3.05. The number of nitrogens with zero attached hydrogens (tertiary/aromatic N) is 3. The third-order valence-corrected chi connectivity index (χ3v) is 4.43. The number of rotatable bonds is 3. The van der Waals surface area contributed by atoms with Gasteiger partial charge in [0.1, 0.15) is 0 Å². The van der Waals surface area contributed by atoms with Gasteiger partial charge < -0.3 is 14.4 Å². The summed E-state index contributed by atoms with van der Waals surface area (Å²) in [5.74, 6) is -0.247. The molecule has 0 amide bonds. The topological polar surface area (TPSA) is 57.8 Å². The molecule has 4 aromatic rings. The number of carbonyl (C=O) groups is 1. The molecular formula is C19H14ClN3O2. The number of anilines is 2. The molecule has 2 aromatic carbocycles. The summed E-state index contributed by atoms with van der Waals surface area (Å²) in [4.78, 5) is 17.9. The van der Waals surface area contributed by atoms with Gasteiger partial charge in [-0.15, -0.1) is 0 Å². The number of fused-ring (bicyclic) bond motifs is 3. The summed E-state index contributed by atoms with van der Waals surface area (Å²) in [6.45, 7) is 0. The van der Waals surface area contributed by atoms with E-state index >= 15 is 0 Å². The van der Waals surface area contributed by atoms with Crippen molar-refractivity contribution in [1.82, 2.24) is 9.38 Å². The quantitative estimate of drug-likeness (QED) is 0.585. The smallest absolute Gasteiger partial charge is 0.335 e. The molecule has 2 heterocycles. The summed E-state index contributed by atoms with van der Waals surface area (Å²) < 4.78 is 2.00. The molecule has 0 saturated carbocycles. The molecule has 0 atom stereocenters. The largest absolute Gasteiger partial charge is 0.478 e. The molecule has 4 rings (SSSR count). The monoisotopic (exact) mass is 351 g/mol. The van der Waals surface area contributed by atoms with Gasteiger partial charge in [0.25, 0.3) is 0 Å². The highest BCUT2D eigenvalue weighted by Crippen LogP contribution is 2.30. The van der Waals surface area contributed by atoms with Crippen molar-refractivity contribution in [2.24, 2.45) is 0 Å². The number of benzene rings is 2. The minimum absolute atomic E-state index is 0.211. The first-order valence-electron chi connectivity index (χ1n) is 7.68. The Morgan fingerprint density at radius 3 is 2.72 bits per heavy atom. The summed E-state index contributed by atoms with van der Waals surface area (Å²) >= 11 is 6.11. The molecule has 0 aliphatic heterocycles. The molecule has 0 spiro atoms. The van der Waals surface area contributed by atoms with Crippen LogP contribution in [0.25, 0.3) is 16.6 Å². The summed E-state index contributed by atoms with van der Waals surface area (Å²) in [5.41, 5.74) is 3.51. The summed E-state index contributed by atoms with van der Waals surface area (Å²) in [6.07, 6.45) is 1.94. The van der Waals surface area contributed by atoms with Crippen LogP contribution in [0.1, 0.15) is 10.4 Å². The van der Waals surface area contributed by atoms with E-state index in [0.717, 1.165) is 22.5 Å². The van der Waals surface area contributed by atoms with E-state index in [-0.39, 0.29) is 5.56 Å². The van der Waals surface area contributed by atoms with E-state index in [0.29, 0.717) is 10.5 Å². The minimum atomic E-state index is -0.971. The maximum atomic E-state index is 11.3. The second kappa shape index (κ2) is 5.79. The van der Waals surface area contributed by atoms with Gasteiger partial charge in [-0.2, -0.15) is 0 Å². The third-order valence-electron chi connectivity index (χ3n) is 4.20. The minimum Gasteiger partial charge on any atom is -0.478 e. The average molecular weight is 352 g/mol. The van der Waals surface area contributed by atoms with Gasteiger partial charge in [-0.1, -0.05) is 17.7 Å². The molecule has 124 valence electrons. The average Bonchev–Trinajstić information content (AvgIpc) is 3.09. The number of hydrogen-bond donors (Lipinski definition) is 1. The lowest BCUT2D eigenvalue weighted by Gasteiger charge is -2.21. The number of carboxylic acids is 1. The summed E-state index contributed by atoms with van der Waals surface area (Å²) in [7, 11) is 1.91. The Morgan fingerprint density at radius 1 is 1.12 bits per heavy atom. The Bertz CT molecular complexity index is 1120. The predicted octanol–water partition coefficient (Wildman–Crippen LogP) is 4.61. The van der Waals surface area contributed by atoms with Crippen LogP contribution in [0.5, 0.6) is 0 Å². The highest BCUT2D eigenvalue weighted by Gasteiger charge is 2.15. The first-order valence-corrected chi connectivity index (χ1v) is 8.06. The van der Waals surface area contributed by atoms with E-state index in [1.807, 2.05) is 58.9 Å². The van der Waals surface area contributed by atoms with Crippen LogP contribution in [0.2, 0.25) is 5.02 Å². The van der Waals surface area contributed by atoms with Crippen molar-refractivity contribution in [3.05, 3.63) is 71.4 Å². The van der Waals surface area contributed by atoms with Crippen LogP contribution in [-0.4, -0.2) is 27.5 Å². The first-order chi connectivity index (χ1) is 12.0. The number of halogens is 1. The lowest BCUT2D eigenvalue weighted by Crippen LogP contribution is -2.13. The predicted molar refractivity (Wildman–Crippen MR) is 99.2 cm³/mol. The van der Waals surface area contributed by atoms with Crippen LogP contribution < -0.4 is 4.90 Å². The van der Waals surface area contributed by atoms with Crippen molar-refractivity contribution in [3.8, 4) is 0 Å². The molecular weight excluding hydrogens is 338 g/mol. The van der Waals surface area contributed by atoms with E-state index < -0.39 is 5.97 Å². The van der Waals surface area contributed by atoms with E-state index in [1.165, 1.54) is 0 Å².